The Kier molecular flexibility index (Phi) is 3.58. The minimum absolute atomic E-state index is 0.456. The van der Waals surface area contributed by atoms with E-state index in [1.54, 1.807) is 25.4 Å². The van der Waals surface area contributed by atoms with Crippen LogP contribution in [-0.2, 0) is 0 Å². The summed E-state index contributed by atoms with van der Waals surface area (Å²) in [7, 11) is 1.57. The standard InChI is InChI=1S/C9H11ClN2O/c1-13-9-7(3-2-4-10)5-8(11)6-12-9/h2-3,5-6H,4,11H2,1H3. The molecule has 4 heteroatoms. The van der Waals surface area contributed by atoms with Gasteiger partial charge in [0.15, 0.2) is 0 Å². The lowest BCUT2D eigenvalue weighted by Crippen LogP contribution is -1.93. The second-order valence-corrected chi connectivity index (χ2v) is 2.73. The highest BCUT2D eigenvalue weighted by Crippen LogP contribution is 2.18. The van der Waals surface area contributed by atoms with Crippen LogP contribution in [0.4, 0.5) is 5.69 Å². The van der Waals surface area contributed by atoms with Crippen LogP contribution in [0.15, 0.2) is 18.3 Å². The summed E-state index contributed by atoms with van der Waals surface area (Å²) >= 11 is 5.51. The van der Waals surface area contributed by atoms with Gasteiger partial charge in [0.1, 0.15) is 0 Å². The van der Waals surface area contributed by atoms with Crippen LogP contribution in [-0.4, -0.2) is 18.0 Å². The maximum atomic E-state index is 5.57. The first-order valence-electron chi connectivity index (χ1n) is 3.80. The smallest absolute Gasteiger partial charge is 0.220 e. The SMILES string of the molecule is COc1ncc(N)cc1C=CCCl. The Hall–Kier alpha value is -1.22. The van der Waals surface area contributed by atoms with Gasteiger partial charge in [-0.2, -0.15) is 0 Å². The largest absolute Gasteiger partial charge is 0.481 e. The number of nitrogen functional groups attached to an aromatic ring is 1. The van der Waals surface area contributed by atoms with E-state index in [9.17, 15) is 0 Å². The molecule has 0 atom stereocenters. The summed E-state index contributed by atoms with van der Waals surface area (Å²) in [5.74, 6) is 1.01. The van der Waals surface area contributed by atoms with Gasteiger partial charge < -0.3 is 10.5 Å². The minimum atomic E-state index is 0.456. The monoisotopic (exact) mass is 198 g/mol. The number of methoxy groups -OCH3 is 1. The molecule has 0 fully saturated rings. The fourth-order valence-corrected chi connectivity index (χ4v) is 1.04. The number of nitrogens with two attached hydrogens (primary N) is 1. The molecule has 2 N–H and O–H groups in total. The highest BCUT2D eigenvalue weighted by molar-refractivity contribution is 6.19. The number of hydrogen-bond acceptors (Lipinski definition) is 3. The molecule has 1 rings (SSSR count). The van der Waals surface area contributed by atoms with Crippen LogP contribution in [0.5, 0.6) is 5.88 Å². The molecule has 0 aliphatic rings. The molecule has 70 valence electrons. The van der Waals surface area contributed by atoms with Gasteiger partial charge in [0.2, 0.25) is 5.88 Å². The molecular weight excluding hydrogens is 188 g/mol. The van der Waals surface area contributed by atoms with Crippen molar-refractivity contribution in [3.63, 3.8) is 0 Å². The number of aromatic nitrogens is 1. The number of anilines is 1. The van der Waals surface area contributed by atoms with Gasteiger partial charge in [-0.3, -0.25) is 0 Å². The number of pyridine rings is 1. The number of ether oxygens (including phenoxy) is 1. The number of alkyl halides is 1. The second kappa shape index (κ2) is 4.72. The minimum Gasteiger partial charge on any atom is -0.481 e. The molecule has 0 aromatic carbocycles. The molecule has 0 radical (unpaired) electrons. The molecule has 3 nitrogen and oxygen atoms in total. The van der Waals surface area contributed by atoms with Gasteiger partial charge in [-0.25, -0.2) is 4.98 Å². The van der Waals surface area contributed by atoms with Crippen LogP contribution < -0.4 is 10.5 Å². The zero-order chi connectivity index (χ0) is 9.68. The first-order chi connectivity index (χ1) is 6.27. The van der Waals surface area contributed by atoms with Crippen LogP contribution in [0, 0.1) is 0 Å². The summed E-state index contributed by atoms with van der Waals surface area (Å²) < 4.78 is 5.04. The first kappa shape index (κ1) is 9.86. The first-order valence-corrected chi connectivity index (χ1v) is 4.33. The topological polar surface area (TPSA) is 48.1 Å². The maximum absolute atomic E-state index is 5.57. The third-order valence-electron chi connectivity index (χ3n) is 1.48. The third-order valence-corrected chi connectivity index (χ3v) is 1.66. The predicted octanol–water partition coefficient (Wildman–Crippen LogP) is 1.92. The van der Waals surface area contributed by atoms with Crippen LogP contribution in [0.25, 0.3) is 6.08 Å². The predicted molar refractivity (Wildman–Crippen MR) is 55.0 cm³/mol. The molecule has 1 aromatic rings. The molecular formula is C9H11ClN2O. The summed E-state index contributed by atoms with van der Waals surface area (Å²) in [4.78, 5) is 4.01. The molecule has 0 amide bonds. The quantitative estimate of drug-likeness (QED) is 0.755. The fraction of sp³-hybridized carbons (Fsp3) is 0.222. The number of nitrogens with zero attached hydrogens (tertiary/aromatic N) is 1. The van der Waals surface area contributed by atoms with E-state index in [0.717, 1.165) is 5.56 Å². The number of hydrogen-bond donors (Lipinski definition) is 1. The zero-order valence-electron chi connectivity index (χ0n) is 7.33. The number of allylic oxidation sites excluding steroid dienone is 1. The van der Waals surface area contributed by atoms with Gasteiger partial charge >= 0.3 is 0 Å². The van der Waals surface area contributed by atoms with E-state index >= 15 is 0 Å². The lowest BCUT2D eigenvalue weighted by atomic mass is 10.2. The average Bonchev–Trinajstić information content (AvgIpc) is 2.15. The highest BCUT2D eigenvalue weighted by atomic mass is 35.5. The zero-order valence-corrected chi connectivity index (χ0v) is 8.08. The molecule has 0 aliphatic carbocycles. The molecule has 1 heterocycles. The van der Waals surface area contributed by atoms with Crippen molar-refractivity contribution in [2.45, 2.75) is 0 Å². The Morgan fingerprint density at radius 3 is 3.08 bits per heavy atom. The van der Waals surface area contributed by atoms with Crippen molar-refractivity contribution in [2.24, 2.45) is 0 Å². The number of rotatable bonds is 3. The Morgan fingerprint density at radius 1 is 1.69 bits per heavy atom. The summed E-state index contributed by atoms with van der Waals surface area (Å²) in [5, 5.41) is 0. The van der Waals surface area contributed by atoms with E-state index in [0.29, 0.717) is 17.4 Å². The molecule has 0 aliphatic heterocycles. The normalized spacial score (nSPS) is 10.6. The van der Waals surface area contributed by atoms with Gasteiger partial charge in [-0.1, -0.05) is 12.2 Å². The van der Waals surface area contributed by atoms with Gasteiger partial charge in [0.25, 0.3) is 0 Å². The molecule has 0 saturated carbocycles. The van der Waals surface area contributed by atoms with Crippen molar-refractivity contribution in [2.75, 3.05) is 18.7 Å². The third kappa shape index (κ3) is 2.63. The highest BCUT2D eigenvalue weighted by Gasteiger charge is 2.00. The van der Waals surface area contributed by atoms with Crippen molar-refractivity contribution in [3.8, 4) is 5.88 Å². The Balaban J connectivity index is 3.01. The molecule has 0 bridgehead atoms. The van der Waals surface area contributed by atoms with Gasteiger partial charge in [0.05, 0.1) is 19.0 Å². The van der Waals surface area contributed by atoms with Crippen LogP contribution in [0.3, 0.4) is 0 Å². The number of halogens is 1. The summed E-state index contributed by atoms with van der Waals surface area (Å²) in [5.41, 5.74) is 7.01. The molecule has 0 saturated heterocycles. The van der Waals surface area contributed by atoms with E-state index in [2.05, 4.69) is 4.98 Å². The fourth-order valence-electron chi connectivity index (χ4n) is 0.948. The van der Waals surface area contributed by atoms with E-state index in [4.69, 9.17) is 22.1 Å². The van der Waals surface area contributed by atoms with Crippen molar-refractivity contribution in [3.05, 3.63) is 23.9 Å². The van der Waals surface area contributed by atoms with E-state index in [-0.39, 0.29) is 0 Å². The summed E-state index contributed by atoms with van der Waals surface area (Å²) in [6.45, 7) is 0. The second-order valence-electron chi connectivity index (χ2n) is 2.42. The van der Waals surface area contributed by atoms with Crippen molar-refractivity contribution >= 4 is 23.4 Å². The lowest BCUT2D eigenvalue weighted by molar-refractivity contribution is 0.397. The maximum Gasteiger partial charge on any atom is 0.220 e. The Bertz CT molecular complexity index is 312. The van der Waals surface area contributed by atoms with Crippen LogP contribution in [0.2, 0.25) is 0 Å². The molecule has 0 spiro atoms. The molecule has 1 aromatic heterocycles. The van der Waals surface area contributed by atoms with Gasteiger partial charge in [0, 0.05) is 11.4 Å². The van der Waals surface area contributed by atoms with Crippen molar-refractivity contribution < 1.29 is 4.74 Å². The Morgan fingerprint density at radius 2 is 2.46 bits per heavy atom. The van der Waals surface area contributed by atoms with E-state index in [1.165, 1.54) is 0 Å². The van der Waals surface area contributed by atoms with Crippen molar-refractivity contribution in [1.82, 2.24) is 4.98 Å². The van der Waals surface area contributed by atoms with Crippen LogP contribution >= 0.6 is 11.6 Å². The van der Waals surface area contributed by atoms with Crippen LogP contribution in [0.1, 0.15) is 5.56 Å². The van der Waals surface area contributed by atoms with Gasteiger partial charge in [-0.05, 0) is 6.07 Å². The summed E-state index contributed by atoms with van der Waals surface area (Å²) in [6, 6.07) is 1.79. The van der Waals surface area contributed by atoms with Crippen molar-refractivity contribution in [1.29, 1.82) is 0 Å². The summed E-state index contributed by atoms with van der Waals surface area (Å²) in [6.07, 6.45) is 5.19. The molecule has 0 unspecified atom stereocenters. The van der Waals surface area contributed by atoms with Gasteiger partial charge in [-0.15, -0.1) is 11.6 Å². The van der Waals surface area contributed by atoms with E-state index < -0.39 is 0 Å². The lowest BCUT2D eigenvalue weighted by Gasteiger charge is -2.03. The average molecular weight is 199 g/mol. The van der Waals surface area contributed by atoms with E-state index in [1.807, 2.05) is 6.08 Å². The Labute approximate surface area is 82.2 Å². The molecule has 13 heavy (non-hydrogen) atoms.